The minimum Gasteiger partial charge on any atom is -0.481 e. The number of carboxylic acid groups (broad SMARTS) is 1. The van der Waals surface area contributed by atoms with Gasteiger partial charge in [0, 0.05) is 6.54 Å². The van der Waals surface area contributed by atoms with Crippen molar-refractivity contribution in [3.8, 4) is 0 Å². The number of hydrogen-bond acceptors (Lipinski definition) is 2. The van der Waals surface area contributed by atoms with Crippen LogP contribution in [0.15, 0.2) is 0 Å². The van der Waals surface area contributed by atoms with Crippen LogP contribution in [0, 0.1) is 11.8 Å². The molecule has 0 saturated heterocycles. The number of aliphatic carboxylic acids is 1. The maximum atomic E-state index is 10.6. The van der Waals surface area contributed by atoms with Crippen molar-refractivity contribution >= 4 is 5.97 Å². The van der Waals surface area contributed by atoms with E-state index in [4.69, 9.17) is 10.8 Å². The quantitative estimate of drug-likeness (QED) is 0.639. The molecule has 3 N–H and O–H groups in total. The Hall–Kier alpha value is -0.570. The molecule has 0 aromatic heterocycles. The maximum Gasteiger partial charge on any atom is 0.307 e. The van der Waals surface area contributed by atoms with E-state index in [1.54, 1.807) is 0 Å². The highest BCUT2D eigenvalue weighted by Crippen LogP contribution is 2.18. The molecule has 0 aliphatic carbocycles. The monoisotopic (exact) mass is 187 g/mol. The van der Waals surface area contributed by atoms with Crippen molar-refractivity contribution in [2.75, 3.05) is 6.54 Å². The van der Waals surface area contributed by atoms with Crippen LogP contribution in [0.25, 0.3) is 0 Å². The summed E-state index contributed by atoms with van der Waals surface area (Å²) >= 11 is 0. The minimum atomic E-state index is -0.756. The van der Waals surface area contributed by atoms with Crippen molar-refractivity contribution in [1.82, 2.24) is 0 Å². The number of nitrogens with two attached hydrogens (primary N) is 1. The smallest absolute Gasteiger partial charge is 0.307 e. The van der Waals surface area contributed by atoms with Gasteiger partial charge in [0.25, 0.3) is 0 Å². The number of hydrogen-bond donors (Lipinski definition) is 2. The molecule has 0 amide bonds. The van der Waals surface area contributed by atoms with Crippen LogP contribution in [0.4, 0.5) is 0 Å². The molecule has 0 rings (SSSR count). The van der Waals surface area contributed by atoms with Crippen LogP contribution < -0.4 is 5.73 Å². The predicted molar refractivity (Wildman–Crippen MR) is 53.5 cm³/mol. The molecule has 0 aliphatic rings. The third kappa shape index (κ3) is 4.88. The predicted octanol–water partition coefficient (Wildman–Crippen LogP) is 1.86. The van der Waals surface area contributed by atoms with Crippen LogP contribution in [0.2, 0.25) is 0 Å². The molecule has 1 atom stereocenters. The Kier molecular flexibility index (Phi) is 6.59. The van der Waals surface area contributed by atoms with E-state index in [0.29, 0.717) is 5.92 Å². The van der Waals surface area contributed by atoms with Crippen molar-refractivity contribution in [2.24, 2.45) is 17.6 Å². The van der Waals surface area contributed by atoms with Crippen LogP contribution in [0.3, 0.4) is 0 Å². The zero-order chi connectivity index (χ0) is 10.3. The highest BCUT2D eigenvalue weighted by Gasteiger charge is 2.16. The van der Waals surface area contributed by atoms with Crippen molar-refractivity contribution < 1.29 is 9.90 Å². The maximum absolute atomic E-state index is 10.6. The van der Waals surface area contributed by atoms with E-state index in [-0.39, 0.29) is 12.5 Å². The molecule has 0 fully saturated rings. The normalized spacial score (nSPS) is 13.2. The summed E-state index contributed by atoms with van der Waals surface area (Å²) in [5.41, 5.74) is 5.36. The molecular weight excluding hydrogens is 166 g/mol. The van der Waals surface area contributed by atoms with Gasteiger partial charge in [0.1, 0.15) is 0 Å². The Bertz CT molecular complexity index is 144. The van der Waals surface area contributed by atoms with E-state index in [1.807, 2.05) is 0 Å². The van der Waals surface area contributed by atoms with Gasteiger partial charge in [-0.2, -0.15) is 0 Å². The average Bonchev–Trinajstić information content (AvgIpc) is 2.12. The highest BCUT2D eigenvalue weighted by molar-refractivity contribution is 5.70. The lowest BCUT2D eigenvalue weighted by Gasteiger charge is -2.14. The molecule has 3 nitrogen and oxygen atoms in total. The molecule has 0 aliphatic heterocycles. The van der Waals surface area contributed by atoms with Gasteiger partial charge < -0.3 is 10.8 Å². The third-order valence-electron chi connectivity index (χ3n) is 2.71. The number of rotatable bonds is 7. The number of carboxylic acids is 1. The standard InChI is InChI=1S/C10H21NO2/c1-3-8(4-2)5-6-9(7-11)10(12)13/h8-9H,3-7,11H2,1-2H3,(H,12,13)/t9-/m0/s1. The second-order valence-corrected chi connectivity index (χ2v) is 3.53. The molecule has 0 spiro atoms. The fraction of sp³-hybridized carbons (Fsp3) is 0.900. The Morgan fingerprint density at radius 2 is 1.85 bits per heavy atom. The zero-order valence-electron chi connectivity index (χ0n) is 8.62. The fourth-order valence-corrected chi connectivity index (χ4v) is 1.48. The van der Waals surface area contributed by atoms with E-state index in [9.17, 15) is 4.79 Å². The van der Waals surface area contributed by atoms with Gasteiger partial charge >= 0.3 is 5.97 Å². The Morgan fingerprint density at radius 1 is 1.31 bits per heavy atom. The number of carbonyl (C=O) groups is 1. The summed E-state index contributed by atoms with van der Waals surface area (Å²) in [5.74, 6) is -0.442. The van der Waals surface area contributed by atoms with Crippen molar-refractivity contribution in [1.29, 1.82) is 0 Å². The van der Waals surface area contributed by atoms with Crippen LogP contribution >= 0.6 is 0 Å². The lowest BCUT2D eigenvalue weighted by atomic mass is 9.92. The van der Waals surface area contributed by atoms with Crippen molar-refractivity contribution in [2.45, 2.75) is 39.5 Å². The topological polar surface area (TPSA) is 63.3 Å². The molecule has 0 aromatic rings. The van der Waals surface area contributed by atoms with Crippen LogP contribution in [-0.4, -0.2) is 17.6 Å². The summed E-state index contributed by atoms with van der Waals surface area (Å²) in [7, 11) is 0. The van der Waals surface area contributed by atoms with E-state index in [0.717, 1.165) is 25.7 Å². The summed E-state index contributed by atoms with van der Waals surface area (Å²) in [4.78, 5) is 10.6. The summed E-state index contributed by atoms with van der Waals surface area (Å²) in [5, 5.41) is 8.75. The van der Waals surface area contributed by atoms with E-state index < -0.39 is 5.97 Å². The van der Waals surface area contributed by atoms with Crippen LogP contribution in [-0.2, 0) is 4.79 Å². The minimum absolute atomic E-state index is 0.259. The molecule has 0 bridgehead atoms. The van der Waals surface area contributed by atoms with Gasteiger partial charge in [0.2, 0.25) is 0 Å². The SMILES string of the molecule is CCC(CC)CC[C@@H](CN)C(=O)O. The van der Waals surface area contributed by atoms with Crippen molar-refractivity contribution in [3.63, 3.8) is 0 Å². The first-order valence-electron chi connectivity index (χ1n) is 5.08. The second kappa shape index (κ2) is 6.89. The summed E-state index contributed by atoms with van der Waals surface area (Å²) in [6.45, 7) is 4.55. The second-order valence-electron chi connectivity index (χ2n) is 3.53. The van der Waals surface area contributed by atoms with E-state index >= 15 is 0 Å². The van der Waals surface area contributed by atoms with Gasteiger partial charge in [-0.1, -0.05) is 26.7 Å². The molecule has 0 radical (unpaired) electrons. The van der Waals surface area contributed by atoms with Gasteiger partial charge in [-0.05, 0) is 18.8 Å². The molecule has 0 unspecified atom stereocenters. The zero-order valence-corrected chi connectivity index (χ0v) is 8.62. The lowest BCUT2D eigenvalue weighted by molar-refractivity contribution is -0.141. The Morgan fingerprint density at radius 3 is 2.15 bits per heavy atom. The largest absolute Gasteiger partial charge is 0.481 e. The fourth-order valence-electron chi connectivity index (χ4n) is 1.48. The van der Waals surface area contributed by atoms with Gasteiger partial charge in [-0.15, -0.1) is 0 Å². The summed E-state index contributed by atoms with van der Waals surface area (Å²) in [6, 6.07) is 0. The molecule has 0 aromatic carbocycles. The first-order chi connectivity index (χ1) is 6.15. The van der Waals surface area contributed by atoms with Crippen LogP contribution in [0.1, 0.15) is 39.5 Å². The molecule has 3 heteroatoms. The molecular formula is C10H21NO2. The lowest BCUT2D eigenvalue weighted by Crippen LogP contribution is -2.23. The highest BCUT2D eigenvalue weighted by atomic mass is 16.4. The van der Waals surface area contributed by atoms with E-state index in [1.165, 1.54) is 0 Å². The van der Waals surface area contributed by atoms with Gasteiger partial charge in [-0.25, -0.2) is 0 Å². The van der Waals surface area contributed by atoms with E-state index in [2.05, 4.69) is 13.8 Å². The molecule has 0 saturated carbocycles. The Labute approximate surface area is 80.3 Å². The molecule has 0 heterocycles. The van der Waals surface area contributed by atoms with Gasteiger partial charge in [0.05, 0.1) is 5.92 Å². The molecule has 13 heavy (non-hydrogen) atoms. The first-order valence-corrected chi connectivity index (χ1v) is 5.08. The summed E-state index contributed by atoms with van der Waals surface area (Å²) in [6.07, 6.45) is 3.97. The first kappa shape index (κ1) is 12.4. The van der Waals surface area contributed by atoms with Gasteiger partial charge in [-0.3, -0.25) is 4.79 Å². The average molecular weight is 187 g/mol. The summed E-state index contributed by atoms with van der Waals surface area (Å²) < 4.78 is 0. The third-order valence-corrected chi connectivity index (χ3v) is 2.71. The Balaban J connectivity index is 3.76. The van der Waals surface area contributed by atoms with Crippen LogP contribution in [0.5, 0.6) is 0 Å². The molecule has 78 valence electrons. The van der Waals surface area contributed by atoms with Crippen molar-refractivity contribution in [3.05, 3.63) is 0 Å². The van der Waals surface area contributed by atoms with Gasteiger partial charge in [0.15, 0.2) is 0 Å².